The number of hydrogen-bond acceptors (Lipinski definition) is 3. The zero-order valence-corrected chi connectivity index (χ0v) is 19.5. The lowest BCUT2D eigenvalue weighted by molar-refractivity contribution is -0.110. The highest BCUT2D eigenvalue weighted by atomic mass is 28.4. The second-order valence-corrected chi connectivity index (χ2v) is 16.0. The van der Waals surface area contributed by atoms with Crippen molar-refractivity contribution < 1.29 is 9.26 Å². The summed E-state index contributed by atoms with van der Waals surface area (Å²) >= 11 is 0. The first-order valence-corrected chi connectivity index (χ1v) is 14.8. The third kappa shape index (κ3) is 3.33. The summed E-state index contributed by atoms with van der Waals surface area (Å²) in [7, 11) is 0.221. The van der Waals surface area contributed by atoms with Gasteiger partial charge in [0.15, 0.2) is 8.32 Å². The highest BCUT2D eigenvalue weighted by Gasteiger charge is 2.60. The normalized spacial score (nSPS) is 48.7. The molecule has 7 atom stereocenters. The van der Waals surface area contributed by atoms with Crippen LogP contribution in [0.3, 0.4) is 0 Å². The molecule has 154 valence electrons. The van der Waals surface area contributed by atoms with E-state index in [-0.39, 0.29) is 0 Å². The van der Waals surface area contributed by atoms with Crippen molar-refractivity contribution in [2.45, 2.75) is 97.4 Å². The first-order valence-electron chi connectivity index (χ1n) is 11.4. The van der Waals surface area contributed by atoms with Crippen LogP contribution in [0.1, 0.15) is 71.6 Å². The second kappa shape index (κ2) is 6.86. The maximum Gasteiger partial charge on any atom is 0.184 e. The van der Waals surface area contributed by atoms with Gasteiger partial charge >= 0.3 is 0 Å². The Bertz CT molecular complexity index is 600. The van der Waals surface area contributed by atoms with Gasteiger partial charge in [-0.3, -0.25) is 0 Å². The molecule has 4 rings (SSSR count). The molecule has 0 saturated heterocycles. The van der Waals surface area contributed by atoms with Crippen molar-refractivity contribution in [3.63, 3.8) is 0 Å². The summed E-state index contributed by atoms with van der Waals surface area (Å²) in [5.74, 6) is 3.57. The fourth-order valence-corrected chi connectivity index (χ4v) is 9.08. The maximum absolute atomic E-state index is 6.73. The number of rotatable bonds is 3. The predicted octanol–water partition coefficient (Wildman–Crippen LogP) is 6.25. The molecule has 3 nitrogen and oxygen atoms in total. The van der Waals surface area contributed by atoms with E-state index in [9.17, 15) is 0 Å². The smallest absolute Gasteiger partial charge is 0.184 e. The van der Waals surface area contributed by atoms with Gasteiger partial charge in [0.05, 0.1) is 11.8 Å². The second-order valence-electron chi connectivity index (χ2n) is 11.5. The Balaban J connectivity index is 1.54. The minimum atomic E-state index is -1.47. The largest absolute Gasteiger partial charge is 0.414 e. The molecular weight excluding hydrogens is 350 g/mol. The van der Waals surface area contributed by atoms with Crippen molar-refractivity contribution in [3.8, 4) is 0 Å². The Labute approximate surface area is 167 Å². The molecule has 0 aliphatic heterocycles. The van der Waals surface area contributed by atoms with Gasteiger partial charge in [0.25, 0.3) is 0 Å². The SMILES string of the molecule is CO/N=C1\CCC2(C)C(CCC3C2CCC2(C)C(O[Si](C)(C)C)CCC32)C1. The Morgan fingerprint density at radius 1 is 0.926 bits per heavy atom. The number of oxime groups is 1. The summed E-state index contributed by atoms with van der Waals surface area (Å²) < 4.78 is 6.73. The van der Waals surface area contributed by atoms with Crippen LogP contribution in [0.25, 0.3) is 0 Å². The average molecular weight is 392 g/mol. The molecule has 0 aromatic rings. The summed E-state index contributed by atoms with van der Waals surface area (Å²) in [5.41, 5.74) is 2.26. The van der Waals surface area contributed by atoms with E-state index in [0.29, 0.717) is 16.9 Å². The number of hydrogen-bond donors (Lipinski definition) is 0. The van der Waals surface area contributed by atoms with E-state index in [1.165, 1.54) is 57.1 Å². The van der Waals surface area contributed by atoms with Gasteiger partial charge in [0.2, 0.25) is 0 Å². The van der Waals surface area contributed by atoms with Crippen LogP contribution in [0, 0.1) is 34.5 Å². The lowest BCUT2D eigenvalue weighted by atomic mass is 9.45. The zero-order chi connectivity index (χ0) is 19.4. The highest BCUT2D eigenvalue weighted by Crippen LogP contribution is 2.66. The minimum Gasteiger partial charge on any atom is -0.414 e. The summed E-state index contributed by atoms with van der Waals surface area (Å²) in [6.45, 7) is 12.3. The van der Waals surface area contributed by atoms with Crippen LogP contribution in [0.4, 0.5) is 0 Å². The van der Waals surface area contributed by atoms with Crippen LogP contribution in [0.15, 0.2) is 5.16 Å². The first kappa shape index (κ1) is 19.9. The van der Waals surface area contributed by atoms with E-state index in [1.807, 2.05) is 0 Å². The summed E-state index contributed by atoms with van der Waals surface area (Å²) in [5, 5.41) is 4.32. The molecule has 4 saturated carbocycles. The monoisotopic (exact) mass is 391 g/mol. The van der Waals surface area contributed by atoms with Gasteiger partial charge < -0.3 is 9.26 Å². The number of fused-ring (bicyclic) bond motifs is 5. The molecule has 0 amide bonds. The topological polar surface area (TPSA) is 30.8 Å². The van der Waals surface area contributed by atoms with Crippen LogP contribution in [0.5, 0.6) is 0 Å². The van der Waals surface area contributed by atoms with Crippen molar-refractivity contribution in [1.82, 2.24) is 0 Å². The standard InChI is InChI=1S/C23H41NO2Si/c1-22-13-11-17(24-25-3)15-16(22)7-8-18-19-9-10-21(26-27(4,5)6)23(19,2)14-12-20(18)22/h16,18-21H,7-15H2,1-6H3/b24-17+. The van der Waals surface area contributed by atoms with Crippen LogP contribution < -0.4 is 0 Å². The Hall–Kier alpha value is -0.353. The molecule has 0 aromatic carbocycles. The molecule has 0 aromatic heterocycles. The fraction of sp³-hybridized carbons (Fsp3) is 0.957. The third-order valence-corrected chi connectivity index (χ3v) is 10.1. The lowest BCUT2D eigenvalue weighted by Gasteiger charge is -2.60. The predicted molar refractivity (Wildman–Crippen MR) is 114 cm³/mol. The van der Waals surface area contributed by atoms with E-state index in [2.05, 4.69) is 38.6 Å². The summed E-state index contributed by atoms with van der Waals surface area (Å²) in [4.78, 5) is 5.10. The molecule has 0 N–H and O–H groups in total. The molecule has 27 heavy (non-hydrogen) atoms. The van der Waals surface area contributed by atoms with Crippen molar-refractivity contribution in [2.75, 3.05) is 7.11 Å². The van der Waals surface area contributed by atoms with E-state index in [0.717, 1.165) is 30.1 Å². The maximum atomic E-state index is 6.73. The summed E-state index contributed by atoms with van der Waals surface area (Å²) in [6.07, 6.45) is 12.5. The molecule has 4 aliphatic rings. The highest BCUT2D eigenvalue weighted by molar-refractivity contribution is 6.69. The molecule has 0 radical (unpaired) electrons. The number of nitrogens with zero attached hydrogens (tertiary/aromatic N) is 1. The third-order valence-electron chi connectivity index (χ3n) is 9.13. The van der Waals surface area contributed by atoms with Gasteiger partial charge in [0.1, 0.15) is 7.11 Å². The molecular formula is C23H41NO2Si. The molecule has 7 unspecified atom stereocenters. The van der Waals surface area contributed by atoms with Gasteiger partial charge in [-0.25, -0.2) is 0 Å². The average Bonchev–Trinajstić information content (AvgIpc) is 2.90. The minimum absolute atomic E-state index is 0.433. The van der Waals surface area contributed by atoms with E-state index >= 15 is 0 Å². The molecule has 0 spiro atoms. The fourth-order valence-electron chi connectivity index (χ4n) is 7.84. The van der Waals surface area contributed by atoms with E-state index in [4.69, 9.17) is 9.26 Å². The van der Waals surface area contributed by atoms with E-state index in [1.54, 1.807) is 7.11 Å². The van der Waals surface area contributed by atoms with Gasteiger partial charge in [-0.1, -0.05) is 19.0 Å². The molecule has 0 bridgehead atoms. The van der Waals surface area contributed by atoms with Crippen LogP contribution in [-0.2, 0) is 9.26 Å². The zero-order valence-electron chi connectivity index (χ0n) is 18.5. The Morgan fingerprint density at radius 2 is 1.67 bits per heavy atom. The quantitative estimate of drug-likeness (QED) is 0.420. The molecule has 0 heterocycles. The van der Waals surface area contributed by atoms with E-state index < -0.39 is 8.32 Å². The van der Waals surface area contributed by atoms with Gasteiger partial charge in [0, 0.05) is 0 Å². The van der Waals surface area contributed by atoms with Crippen LogP contribution >= 0.6 is 0 Å². The Kier molecular flexibility index (Phi) is 5.07. The molecule has 4 heteroatoms. The van der Waals surface area contributed by atoms with Crippen molar-refractivity contribution in [1.29, 1.82) is 0 Å². The van der Waals surface area contributed by atoms with Crippen LogP contribution in [-0.4, -0.2) is 27.2 Å². The van der Waals surface area contributed by atoms with Gasteiger partial charge in [-0.2, -0.15) is 0 Å². The first-order chi connectivity index (χ1) is 12.7. The summed E-state index contributed by atoms with van der Waals surface area (Å²) in [6, 6.07) is 0. The van der Waals surface area contributed by atoms with Crippen molar-refractivity contribution >= 4 is 14.0 Å². The van der Waals surface area contributed by atoms with Crippen molar-refractivity contribution in [2.24, 2.45) is 39.7 Å². The van der Waals surface area contributed by atoms with Gasteiger partial charge in [-0.15, -0.1) is 0 Å². The molecule has 4 aliphatic carbocycles. The van der Waals surface area contributed by atoms with Gasteiger partial charge in [-0.05, 0) is 112 Å². The van der Waals surface area contributed by atoms with Crippen LogP contribution in [0.2, 0.25) is 19.6 Å². The van der Waals surface area contributed by atoms with Crippen molar-refractivity contribution in [3.05, 3.63) is 0 Å². The lowest BCUT2D eigenvalue weighted by Crippen LogP contribution is -2.54. The molecule has 4 fully saturated rings. The Morgan fingerprint density at radius 3 is 2.37 bits per heavy atom.